The summed E-state index contributed by atoms with van der Waals surface area (Å²) >= 11 is 0. The van der Waals surface area contributed by atoms with Gasteiger partial charge < -0.3 is 10.3 Å². The Kier molecular flexibility index (Phi) is 6.77. The van der Waals surface area contributed by atoms with Gasteiger partial charge in [-0.3, -0.25) is 9.59 Å². The molecule has 0 bridgehead atoms. The van der Waals surface area contributed by atoms with Gasteiger partial charge in [0.25, 0.3) is 5.91 Å². The third-order valence-corrected chi connectivity index (χ3v) is 7.47. The maximum atomic E-state index is 12.7. The number of aromatic nitrogens is 1. The molecule has 3 rings (SSSR count). The SMILES string of the molecule is CCc1c(C(=O)NCc2ccc(S(=O)(=O)N3CCCCC3)cc2)[nH]c(C)c1C(C)=O. The van der Waals surface area contributed by atoms with Gasteiger partial charge in [-0.25, -0.2) is 8.42 Å². The second-order valence-electron chi connectivity index (χ2n) is 7.68. The number of nitrogens with zero attached hydrogens (tertiary/aromatic N) is 1. The van der Waals surface area contributed by atoms with Crippen molar-refractivity contribution in [2.24, 2.45) is 0 Å². The number of rotatable bonds is 7. The Balaban J connectivity index is 1.69. The van der Waals surface area contributed by atoms with Crippen molar-refractivity contribution in [2.45, 2.75) is 57.9 Å². The van der Waals surface area contributed by atoms with Gasteiger partial charge in [0.1, 0.15) is 5.69 Å². The molecule has 0 atom stereocenters. The van der Waals surface area contributed by atoms with Crippen LogP contribution in [0.5, 0.6) is 0 Å². The lowest BCUT2D eigenvalue weighted by Crippen LogP contribution is -2.35. The number of piperidine rings is 1. The van der Waals surface area contributed by atoms with Crippen LogP contribution in [-0.4, -0.2) is 42.5 Å². The lowest BCUT2D eigenvalue weighted by molar-refractivity contribution is 0.0945. The second-order valence-corrected chi connectivity index (χ2v) is 9.62. The van der Waals surface area contributed by atoms with Crippen LogP contribution < -0.4 is 5.32 Å². The molecule has 0 saturated carbocycles. The van der Waals surface area contributed by atoms with E-state index in [0.717, 1.165) is 30.4 Å². The number of hydrogen-bond acceptors (Lipinski definition) is 4. The summed E-state index contributed by atoms with van der Waals surface area (Å²) in [7, 11) is -3.46. The highest BCUT2D eigenvalue weighted by molar-refractivity contribution is 7.89. The molecule has 1 aliphatic heterocycles. The van der Waals surface area contributed by atoms with Crippen molar-refractivity contribution in [3.8, 4) is 0 Å². The first-order valence-corrected chi connectivity index (χ1v) is 11.8. The normalized spacial score (nSPS) is 15.2. The van der Waals surface area contributed by atoms with Gasteiger partial charge in [-0.15, -0.1) is 0 Å². The first kappa shape index (κ1) is 22.2. The Bertz CT molecular complexity index is 1030. The van der Waals surface area contributed by atoms with Crippen molar-refractivity contribution in [3.05, 3.63) is 52.3 Å². The highest BCUT2D eigenvalue weighted by atomic mass is 32.2. The molecule has 1 amide bonds. The number of benzene rings is 1. The topological polar surface area (TPSA) is 99.3 Å². The molecule has 7 nitrogen and oxygen atoms in total. The predicted molar refractivity (Wildman–Crippen MR) is 115 cm³/mol. The molecule has 0 aliphatic carbocycles. The maximum absolute atomic E-state index is 12.7. The Morgan fingerprint density at radius 2 is 1.73 bits per heavy atom. The number of aryl methyl sites for hydroxylation is 1. The van der Waals surface area contributed by atoms with E-state index in [4.69, 9.17) is 0 Å². The van der Waals surface area contributed by atoms with Crippen molar-refractivity contribution in [1.29, 1.82) is 0 Å². The highest BCUT2D eigenvalue weighted by Crippen LogP contribution is 2.22. The molecule has 2 N–H and O–H groups in total. The molecular formula is C22H29N3O4S. The number of ketones is 1. The third-order valence-electron chi connectivity index (χ3n) is 5.55. The van der Waals surface area contributed by atoms with E-state index in [1.165, 1.54) is 6.92 Å². The minimum Gasteiger partial charge on any atom is -0.354 e. The average Bonchev–Trinajstić information content (AvgIpc) is 3.09. The van der Waals surface area contributed by atoms with Gasteiger partial charge in [0.2, 0.25) is 10.0 Å². The monoisotopic (exact) mass is 431 g/mol. The van der Waals surface area contributed by atoms with Crippen molar-refractivity contribution in [1.82, 2.24) is 14.6 Å². The number of hydrogen-bond donors (Lipinski definition) is 2. The standard InChI is InChI=1S/C22H29N3O4S/c1-4-19-20(16(3)26)15(2)24-21(19)22(27)23-14-17-8-10-18(11-9-17)30(28,29)25-12-6-5-7-13-25/h8-11,24H,4-7,12-14H2,1-3H3,(H,23,27). The van der Waals surface area contributed by atoms with E-state index in [1.54, 1.807) is 35.5 Å². The lowest BCUT2D eigenvalue weighted by atomic mass is 10.0. The Hall–Kier alpha value is -2.45. The van der Waals surface area contributed by atoms with Crippen molar-refractivity contribution in [2.75, 3.05) is 13.1 Å². The van der Waals surface area contributed by atoms with E-state index in [2.05, 4.69) is 10.3 Å². The van der Waals surface area contributed by atoms with Crippen LogP contribution in [0.3, 0.4) is 0 Å². The molecule has 8 heteroatoms. The fraction of sp³-hybridized carbons (Fsp3) is 0.455. The third kappa shape index (κ3) is 4.49. The van der Waals surface area contributed by atoms with Gasteiger partial charge >= 0.3 is 0 Å². The first-order chi connectivity index (χ1) is 14.3. The van der Waals surface area contributed by atoms with E-state index >= 15 is 0 Å². The summed E-state index contributed by atoms with van der Waals surface area (Å²) in [4.78, 5) is 27.9. The van der Waals surface area contributed by atoms with Crippen molar-refractivity contribution in [3.63, 3.8) is 0 Å². The molecule has 1 aliphatic rings. The fourth-order valence-corrected chi connectivity index (χ4v) is 5.52. The molecule has 0 radical (unpaired) electrons. The summed E-state index contributed by atoms with van der Waals surface area (Å²) in [5, 5.41) is 2.85. The quantitative estimate of drug-likeness (QED) is 0.658. The van der Waals surface area contributed by atoms with Crippen LogP contribution in [-0.2, 0) is 23.0 Å². The van der Waals surface area contributed by atoms with E-state index in [1.807, 2.05) is 6.92 Å². The largest absolute Gasteiger partial charge is 0.354 e. The summed E-state index contributed by atoms with van der Waals surface area (Å²) in [6, 6.07) is 6.63. The number of Topliss-reactive ketones (excluding diaryl/α,β-unsaturated/α-hetero) is 1. The summed E-state index contributed by atoms with van der Waals surface area (Å²) in [6.07, 6.45) is 3.43. The van der Waals surface area contributed by atoms with Crippen LogP contribution in [0.2, 0.25) is 0 Å². The average molecular weight is 432 g/mol. The van der Waals surface area contributed by atoms with Gasteiger partial charge in [0, 0.05) is 30.9 Å². The number of sulfonamides is 1. The smallest absolute Gasteiger partial charge is 0.268 e. The van der Waals surface area contributed by atoms with Crippen LogP contribution in [0, 0.1) is 6.92 Å². The molecule has 0 spiro atoms. The van der Waals surface area contributed by atoms with Crippen LogP contribution in [0.1, 0.15) is 70.8 Å². The van der Waals surface area contributed by atoms with Crippen LogP contribution >= 0.6 is 0 Å². The summed E-state index contributed by atoms with van der Waals surface area (Å²) < 4.78 is 27.0. The van der Waals surface area contributed by atoms with Crippen molar-refractivity contribution < 1.29 is 18.0 Å². The van der Waals surface area contributed by atoms with E-state index in [0.29, 0.717) is 36.5 Å². The minimum atomic E-state index is -3.46. The first-order valence-electron chi connectivity index (χ1n) is 10.3. The Morgan fingerprint density at radius 1 is 1.10 bits per heavy atom. The summed E-state index contributed by atoms with van der Waals surface area (Å²) in [6.45, 7) is 6.59. The molecule has 2 heterocycles. The van der Waals surface area contributed by atoms with Gasteiger partial charge in [0.15, 0.2) is 5.78 Å². The lowest BCUT2D eigenvalue weighted by Gasteiger charge is -2.25. The van der Waals surface area contributed by atoms with Gasteiger partial charge in [-0.05, 0) is 56.4 Å². The predicted octanol–water partition coefficient (Wildman–Crippen LogP) is 3.19. The van der Waals surface area contributed by atoms with E-state index in [-0.39, 0.29) is 23.1 Å². The van der Waals surface area contributed by atoms with Gasteiger partial charge in [-0.1, -0.05) is 25.5 Å². The number of carbonyl (C=O) groups is 2. The van der Waals surface area contributed by atoms with Crippen LogP contribution in [0.15, 0.2) is 29.2 Å². The summed E-state index contributed by atoms with van der Waals surface area (Å²) in [5.41, 5.74) is 3.20. The Morgan fingerprint density at radius 3 is 2.30 bits per heavy atom. The zero-order valence-electron chi connectivity index (χ0n) is 17.7. The fourth-order valence-electron chi connectivity index (χ4n) is 4.01. The molecule has 1 aromatic heterocycles. The van der Waals surface area contributed by atoms with Crippen molar-refractivity contribution >= 4 is 21.7 Å². The number of H-pyrrole nitrogens is 1. The number of carbonyl (C=O) groups excluding carboxylic acids is 2. The number of aromatic amines is 1. The molecule has 30 heavy (non-hydrogen) atoms. The zero-order chi connectivity index (χ0) is 21.9. The zero-order valence-corrected chi connectivity index (χ0v) is 18.6. The molecule has 162 valence electrons. The van der Waals surface area contributed by atoms with Gasteiger partial charge in [0.05, 0.1) is 4.90 Å². The van der Waals surface area contributed by atoms with Crippen LogP contribution in [0.25, 0.3) is 0 Å². The molecule has 1 fully saturated rings. The molecular weight excluding hydrogens is 402 g/mol. The maximum Gasteiger partial charge on any atom is 0.268 e. The molecule has 1 aromatic carbocycles. The van der Waals surface area contributed by atoms with Gasteiger partial charge in [-0.2, -0.15) is 4.31 Å². The summed E-state index contributed by atoms with van der Waals surface area (Å²) in [5.74, 6) is -0.349. The molecule has 2 aromatic rings. The number of amides is 1. The Labute approximate surface area is 177 Å². The van der Waals surface area contributed by atoms with Crippen LogP contribution in [0.4, 0.5) is 0 Å². The molecule has 0 unspecified atom stereocenters. The van der Waals surface area contributed by atoms with E-state index in [9.17, 15) is 18.0 Å². The van der Waals surface area contributed by atoms with E-state index < -0.39 is 10.0 Å². The molecule has 1 saturated heterocycles. The second kappa shape index (κ2) is 9.14. The number of nitrogens with one attached hydrogen (secondary N) is 2. The minimum absolute atomic E-state index is 0.0647. The highest BCUT2D eigenvalue weighted by Gasteiger charge is 2.26.